The van der Waals surface area contributed by atoms with Gasteiger partial charge in [-0.2, -0.15) is 5.10 Å². The van der Waals surface area contributed by atoms with Gasteiger partial charge in [0.05, 0.1) is 17.4 Å². The van der Waals surface area contributed by atoms with Crippen LogP contribution < -0.4 is 5.32 Å². The summed E-state index contributed by atoms with van der Waals surface area (Å²) in [5.41, 5.74) is 2.22. The van der Waals surface area contributed by atoms with Crippen LogP contribution in [0.5, 0.6) is 0 Å². The molecule has 1 aromatic carbocycles. The minimum atomic E-state index is 0.340. The summed E-state index contributed by atoms with van der Waals surface area (Å²) in [5.74, 6) is 0.729. The van der Waals surface area contributed by atoms with Gasteiger partial charge in [-0.1, -0.05) is 32.0 Å². The average molecular weight is 257 g/mol. The molecule has 3 nitrogen and oxygen atoms in total. The van der Waals surface area contributed by atoms with E-state index in [0.717, 1.165) is 23.7 Å². The molecule has 19 heavy (non-hydrogen) atoms. The molecule has 0 saturated carbocycles. The number of nitrogens with zero attached hydrogens (tertiary/aromatic N) is 2. The molecule has 0 radical (unpaired) electrons. The van der Waals surface area contributed by atoms with Gasteiger partial charge < -0.3 is 5.32 Å². The molecule has 0 aliphatic carbocycles. The van der Waals surface area contributed by atoms with Crippen molar-refractivity contribution in [2.24, 2.45) is 5.92 Å². The highest BCUT2D eigenvalue weighted by molar-refractivity contribution is 5.30. The number of aromatic nitrogens is 2. The van der Waals surface area contributed by atoms with Crippen molar-refractivity contribution in [2.75, 3.05) is 7.05 Å². The van der Waals surface area contributed by atoms with Gasteiger partial charge in [0.25, 0.3) is 0 Å². The molecule has 1 N–H and O–H groups in total. The van der Waals surface area contributed by atoms with Crippen molar-refractivity contribution in [3.63, 3.8) is 0 Å². The Labute approximate surface area is 115 Å². The van der Waals surface area contributed by atoms with Gasteiger partial charge in [0.2, 0.25) is 0 Å². The number of benzene rings is 1. The number of hydrogen-bond donors (Lipinski definition) is 1. The van der Waals surface area contributed by atoms with Crippen molar-refractivity contribution in [3.05, 3.63) is 48.3 Å². The average Bonchev–Trinajstić information content (AvgIpc) is 2.90. The summed E-state index contributed by atoms with van der Waals surface area (Å²) in [6.45, 7) is 4.52. The molecule has 3 heteroatoms. The lowest BCUT2D eigenvalue weighted by Gasteiger charge is -2.15. The van der Waals surface area contributed by atoms with E-state index in [4.69, 9.17) is 0 Å². The van der Waals surface area contributed by atoms with Gasteiger partial charge in [0, 0.05) is 6.20 Å². The van der Waals surface area contributed by atoms with Crippen molar-refractivity contribution >= 4 is 0 Å². The van der Waals surface area contributed by atoms with E-state index in [2.05, 4.69) is 42.5 Å². The fraction of sp³-hybridized carbons (Fsp3) is 0.438. The molecule has 1 heterocycles. The highest BCUT2D eigenvalue weighted by Gasteiger charge is 2.13. The van der Waals surface area contributed by atoms with E-state index in [1.165, 1.54) is 6.42 Å². The molecule has 1 unspecified atom stereocenters. The van der Waals surface area contributed by atoms with Crippen LogP contribution in [0.2, 0.25) is 0 Å². The predicted molar refractivity (Wildman–Crippen MR) is 79.4 cm³/mol. The van der Waals surface area contributed by atoms with Crippen molar-refractivity contribution in [3.8, 4) is 5.69 Å². The number of rotatable bonds is 6. The quantitative estimate of drug-likeness (QED) is 0.857. The maximum atomic E-state index is 4.68. The second-order valence-corrected chi connectivity index (χ2v) is 5.33. The van der Waals surface area contributed by atoms with Crippen LogP contribution in [0.15, 0.2) is 42.6 Å². The third kappa shape index (κ3) is 3.67. The molecule has 1 atom stereocenters. The third-order valence-electron chi connectivity index (χ3n) is 3.37. The summed E-state index contributed by atoms with van der Waals surface area (Å²) >= 11 is 0. The number of para-hydroxylation sites is 1. The molecule has 0 aliphatic rings. The van der Waals surface area contributed by atoms with Crippen molar-refractivity contribution < 1.29 is 0 Å². The zero-order chi connectivity index (χ0) is 13.7. The van der Waals surface area contributed by atoms with E-state index in [1.807, 2.05) is 36.1 Å². The van der Waals surface area contributed by atoms with Crippen LogP contribution in [0.4, 0.5) is 0 Å². The van der Waals surface area contributed by atoms with Crippen LogP contribution in [-0.4, -0.2) is 16.8 Å². The maximum Gasteiger partial charge on any atom is 0.0798 e. The van der Waals surface area contributed by atoms with E-state index in [9.17, 15) is 0 Å². The fourth-order valence-corrected chi connectivity index (χ4v) is 2.19. The normalized spacial score (nSPS) is 12.8. The van der Waals surface area contributed by atoms with E-state index in [-0.39, 0.29) is 0 Å². The first-order valence-electron chi connectivity index (χ1n) is 6.99. The van der Waals surface area contributed by atoms with Gasteiger partial charge in [-0.05, 0) is 44.0 Å². The van der Waals surface area contributed by atoms with E-state index >= 15 is 0 Å². The lowest BCUT2D eigenvalue weighted by molar-refractivity contribution is 0.456. The molecule has 0 amide bonds. The maximum absolute atomic E-state index is 4.68. The second kappa shape index (κ2) is 6.53. The summed E-state index contributed by atoms with van der Waals surface area (Å²) in [7, 11) is 2.01. The molecule has 102 valence electrons. The first-order valence-corrected chi connectivity index (χ1v) is 6.99. The lowest BCUT2D eigenvalue weighted by atomic mass is 10.0. The van der Waals surface area contributed by atoms with Gasteiger partial charge in [-0.25, -0.2) is 4.68 Å². The third-order valence-corrected chi connectivity index (χ3v) is 3.37. The second-order valence-electron chi connectivity index (χ2n) is 5.33. The Balaban J connectivity index is 2.11. The minimum Gasteiger partial charge on any atom is -0.312 e. The summed E-state index contributed by atoms with van der Waals surface area (Å²) in [6.07, 6.45) is 4.37. The van der Waals surface area contributed by atoms with Gasteiger partial charge in [-0.3, -0.25) is 0 Å². The minimum absolute atomic E-state index is 0.340. The van der Waals surface area contributed by atoms with Gasteiger partial charge in [0.15, 0.2) is 0 Å². The Bertz CT molecular complexity index is 488. The molecular weight excluding hydrogens is 234 g/mol. The molecule has 0 aliphatic heterocycles. The fourth-order valence-electron chi connectivity index (χ4n) is 2.19. The first kappa shape index (κ1) is 13.8. The van der Waals surface area contributed by atoms with Gasteiger partial charge in [-0.15, -0.1) is 0 Å². The monoisotopic (exact) mass is 257 g/mol. The standard InChI is InChI=1S/C16H23N3/c1-13(2)9-10-15(17-3)16-11-12-19(18-16)14-7-5-4-6-8-14/h4-8,11-13,15,17H,9-10H2,1-3H3. The molecule has 1 aromatic heterocycles. The van der Waals surface area contributed by atoms with Crippen LogP contribution in [0.25, 0.3) is 5.69 Å². The summed E-state index contributed by atoms with van der Waals surface area (Å²) in [6, 6.07) is 12.7. The Kier molecular flexibility index (Phi) is 4.74. The highest BCUT2D eigenvalue weighted by Crippen LogP contribution is 2.20. The highest BCUT2D eigenvalue weighted by atomic mass is 15.3. The number of hydrogen-bond acceptors (Lipinski definition) is 2. The molecule has 2 rings (SSSR count). The molecule has 0 bridgehead atoms. The summed E-state index contributed by atoms with van der Waals surface area (Å²) in [4.78, 5) is 0. The summed E-state index contributed by atoms with van der Waals surface area (Å²) < 4.78 is 1.94. The predicted octanol–water partition coefficient (Wildman–Crippen LogP) is 3.57. The topological polar surface area (TPSA) is 29.9 Å². The van der Waals surface area contributed by atoms with Gasteiger partial charge in [0.1, 0.15) is 0 Å². The largest absolute Gasteiger partial charge is 0.312 e. The Morgan fingerprint density at radius 1 is 1.11 bits per heavy atom. The zero-order valence-electron chi connectivity index (χ0n) is 12.0. The van der Waals surface area contributed by atoms with Crippen molar-refractivity contribution in [1.29, 1.82) is 0 Å². The SMILES string of the molecule is CNC(CCC(C)C)c1ccn(-c2ccccc2)n1. The molecule has 0 saturated heterocycles. The van der Waals surface area contributed by atoms with E-state index < -0.39 is 0 Å². The smallest absolute Gasteiger partial charge is 0.0798 e. The molecule has 0 fully saturated rings. The summed E-state index contributed by atoms with van der Waals surface area (Å²) in [5, 5.41) is 8.05. The van der Waals surface area contributed by atoms with E-state index in [1.54, 1.807) is 0 Å². The van der Waals surface area contributed by atoms with Gasteiger partial charge >= 0.3 is 0 Å². The Hall–Kier alpha value is -1.61. The van der Waals surface area contributed by atoms with Crippen molar-refractivity contribution in [2.45, 2.75) is 32.7 Å². The van der Waals surface area contributed by atoms with Crippen LogP contribution in [-0.2, 0) is 0 Å². The Morgan fingerprint density at radius 2 is 1.84 bits per heavy atom. The van der Waals surface area contributed by atoms with Crippen molar-refractivity contribution in [1.82, 2.24) is 15.1 Å². The van der Waals surface area contributed by atoms with Crippen LogP contribution >= 0.6 is 0 Å². The zero-order valence-corrected chi connectivity index (χ0v) is 12.0. The first-order chi connectivity index (χ1) is 9.20. The molecule has 2 aromatic rings. The lowest BCUT2D eigenvalue weighted by Crippen LogP contribution is -2.17. The number of nitrogens with one attached hydrogen (secondary N) is 1. The van der Waals surface area contributed by atoms with E-state index in [0.29, 0.717) is 6.04 Å². The Morgan fingerprint density at radius 3 is 2.47 bits per heavy atom. The van der Waals surface area contributed by atoms with Crippen LogP contribution in [0, 0.1) is 5.92 Å². The molecular formula is C16H23N3. The van der Waals surface area contributed by atoms with Crippen LogP contribution in [0.3, 0.4) is 0 Å². The van der Waals surface area contributed by atoms with Crippen LogP contribution in [0.1, 0.15) is 38.4 Å². The molecule has 0 spiro atoms.